The van der Waals surface area contributed by atoms with Crippen LogP contribution in [0.1, 0.15) is 18.5 Å². The highest BCUT2D eigenvalue weighted by Gasteiger charge is 2.12. The van der Waals surface area contributed by atoms with Crippen LogP contribution in [0.2, 0.25) is 5.02 Å². The van der Waals surface area contributed by atoms with E-state index in [1.165, 1.54) is 6.07 Å². The van der Waals surface area contributed by atoms with Gasteiger partial charge in [-0.15, -0.1) is 0 Å². The number of benzene rings is 2. The van der Waals surface area contributed by atoms with Crippen LogP contribution in [0.25, 0.3) is 0 Å². The molecule has 2 rings (SSSR count). The molecule has 4 heteroatoms. The quantitative estimate of drug-likeness (QED) is 0.794. The van der Waals surface area contributed by atoms with Crippen LogP contribution in [-0.4, -0.2) is 0 Å². The zero-order valence-corrected chi connectivity index (χ0v) is 12.1. The molecular weight excluding hydrogens is 317 g/mol. The second-order valence-electron chi connectivity index (χ2n) is 4.01. The summed E-state index contributed by atoms with van der Waals surface area (Å²) in [5.74, 6) is -0.239. The lowest BCUT2D eigenvalue weighted by atomic mass is 10.1. The second-order valence-corrected chi connectivity index (χ2v) is 5.33. The number of nitrogens with one attached hydrogen (secondary N) is 1. The normalized spacial score (nSPS) is 12.2. The molecule has 0 saturated carbocycles. The molecule has 2 aromatic rings. The zero-order chi connectivity index (χ0) is 13.1. The topological polar surface area (TPSA) is 12.0 Å². The fourth-order valence-electron chi connectivity index (χ4n) is 1.74. The summed E-state index contributed by atoms with van der Waals surface area (Å²) in [6.45, 7) is 1.90. The van der Waals surface area contributed by atoms with E-state index >= 15 is 0 Å². The Morgan fingerprint density at radius 3 is 2.61 bits per heavy atom. The molecule has 0 saturated heterocycles. The maximum atomic E-state index is 13.8. The molecule has 18 heavy (non-hydrogen) atoms. The predicted octanol–water partition coefficient (Wildman–Crippen LogP) is 5.41. The summed E-state index contributed by atoms with van der Waals surface area (Å²) in [6.07, 6.45) is 0. The van der Waals surface area contributed by atoms with Gasteiger partial charge in [0.2, 0.25) is 0 Å². The Morgan fingerprint density at radius 2 is 1.94 bits per heavy atom. The van der Waals surface area contributed by atoms with Gasteiger partial charge in [0.05, 0.1) is 16.8 Å². The SMILES string of the molecule is CC(Nc1ccccc1Cl)c1ccc(Br)cc1F. The molecule has 0 aliphatic carbocycles. The first-order chi connectivity index (χ1) is 8.58. The first kappa shape index (κ1) is 13.4. The lowest BCUT2D eigenvalue weighted by Gasteiger charge is -2.17. The van der Waals surface area contributed by atoms with Gasteiger partial charge in [-0.2, -0.15) is 0 Å². The highest BCUT2D eigenvalue weighted by atomic mass is 79.9. The monoisotopic (exact) mass is 327 g/mol. The van der Waals surface area contributed by atoms with Gasteiger partial charge in [-0.3, -0.25) is 0 Å². The Balaban J connectivity index is 2.22. The number of hydrogen-bond donors (Lipinski definition) is 1. The first-order valence-electron chi connectivity index (χ1n) is 5.54. The van der Waals surface area contributed by atoms with Gasteiger partial charge in [0, 0.05) is 10.0 Å². The van der Waals surface area contributed by atoms with Crippen LogP contribution in [0.3, 0.4) is 0 Å². The Hall–Kier alpha value is -1.06. The van der Waals surface area contributed by atoms with Gasteiger partial charge in [0.25, 0.3) is 0 Å². The van der Waals surface area contributed by atoms with Crippen molar-refractivity contribution in [2.75, 3.05) is 5.32 Å². The van der Waals surface area contributed by atoms with E-state index in [9.17, 15) is 4.39 Å². The van der Waals surface area contributed by atoms with E-state index in [2.05, 4.69) is 21.2 Å². The highest BCUT2D eigenvalue weighted by molar-refractivity contribution is 9.10. The lowest BCUT2D eigenvalue weighted by Crippen LogP contribution is -2.08. The number of para-hydroxylation sites is 1. The van der Waals surface area contributed by atoms with E-state index in [0.29, 0.717) is 10.6 Å². The van der Waals surface area contributed by atoms with Crippen LogP contribution in [0.4, 0.5) is 10.1 Å². The molecule has 0 bridgehead atoms. The van der Waals surface area contributed by atoms with Crippen LogP contribution in [0.15, 0.2) is 46.9 Å². The predicted molar refractivity (Wildman–Crippen MR) is 77.6 cm³/mol. The van der Waals surface area contributed by atoms with E-state index in [0.717, 1.165) is 10.2 Å². The first-order valence-corrected chi connectivity index (χ1v) is 6.71. The van der Waals surface area contributed by atoms with E-state index in [4.69, 9.17) is 11.6 Å². The molecule has 1 unspecified atom stereocenters. The summed E-state index contributed by atoms with van der Waals surface area (Å²) in [5.41, 5.74) is 1.41. The van der Waals surface area contributed by atoms with Gasteiger partial charge in [0.1, 0.15) is 5.82 Å². The van der Waals surface area contributed by atoms with E-state index < -0.39 is 0 Å². The van der Waals surface area contributed by atoms with Crippen molar-refractivity contribution in [3.05, 3.63) is 63.3 Å². The molecule has 0 amide bonds. The van der Waals surface area contributed by atoms with E-state index in [1.54, 1.807) is 12.1 Å². The smallest absolute Gasteiger partial charge is 0.129 e. The minimum atomic E-state index is -0.239. The molecule has 0 radical (unpaired) electrons. The van der Waals surface area contributed by atoms with Gasteiger partial charge in [0.15, 0.2) is 0 Å². The van der Waals surface area contributed by atoms with Crippen molar-refractivity contribution in [1.29, 1.82) is 0 Å². The zero-order valence-electron chi connectivity index (χ0n) is 9.75. The van der Waals surface area contributed by atoms with E-state index in [-0.39, 0.29) is 11.9 Å². The van der Waals surface area contributed by atoms with Crippen LogP contribution < -0.4 is 5.32 Å². The molecule has 2 aromatic carbocycles. The summed E-state index contributed by atoms with van der Waals surface area (Å²) in [6, 6.07) is 12.3. The Morgan fingerprint density at radius 1 is 1.22 bits per heavy atom. The standard InChI is InChI=1S/C14H12BrClFN/c1-9(11-7-6-10(15)8-13(11)17)18-14-5-3-2-4-12(14)16/h2-9,18H,1H3. The summed E-state index contributed by atoms with van der Waals surface area (Å²) < 4.78 is 14.5. The summed E-state index contributed by atoms with van der Waals surface area (Å²) in [7, 11) is 0. The average Bonchev–Trinajstić information content (AvgIpc) is 2.32. The lowest BCUT2D eigenvalue weighted by molar-refractivity contribution is 0.599. The van der Waals surface area contributed by atoms with Crippen LogP contribution in [0.5, 0.6) is 0 Å². The molecular formula is C14H12BrClFN. The van der Waals surface area contributed by atoms with Crippen molar-refractivity contribution < 1.29 is 4.39 Å². The largest absolute Gasteiger partial charge is 0.377 e. The van der Waals surface area contributed by atoms with Gasteiger partial charge >= 0.3 is 0 Å². The van der Waals surface area contributed by atoms with Gasteiger partial charge < -0.3 is 5.32 Å². The molecule has 0 spiro atoms. The molecule has 0 aliphatic heterocycles. The summed E-state index contributed by atoms with van der Waals surface area (Å²) >= 11 is 9.30. The number of rotatable bonds is 3. The Labute approximate surface area is 119 Å². The summed E-state index contributed by atoms with van der Waals surface area (Å²) in [5, 5.41) is 3.83. The highest BCUT2D eigenvalue weighted by Crippen LogP contribution is 2.27. The molecule has 1 N–H and O–H groups in total. The van der Waals surface area contributed by atoms with Crippen molar-refractivity contribution in [1.82, 2.24) is 0 Å². The second kappa shape index (κ2) is 5.72. The average molecular weight is 329 g/mol. The number of halogens is 3. The third kappa shape index (κ3) is 3.03. The van der Waals surface area contributed by atoms with Gasteiger partial charge in [-0.05, 0) is 31.2 Å². The van der Waals surface area contributed by atoms with Crippen LogP contribution in [0, 0.1) is 5.82 Å². The molecule has 0 fully saturated rings. The maximum Gasteiger partial charge on any atom is 0.129 e. The van der Waals surface area contributed by atoms with Crippen LogP contribution in [-0.2, 0) is 0 Å². The van der Waals surface area contributed by atoms with Crippen molar-refractivity contribution in [2.24, 2.45) is 0 Å². The third-order valence-electron chi connectivity index (χ3n) is 2.67. The Bertz CT molecular complexity index is 559. The molecule has 0 aromatic heterocycles. The Kier molecular flexibility index (Phi) is 4.25. The molecule has 0 heterocycles. The van der Waals surface area contributed by atoms with Crippen molar-refractivity contribution in [3.8, 4) is 0 Å². The summed E-state index contributed by atoms with van der Waals surface area (Å²) in [4.78, 5) is 0. The van der Waals surface area contributed by atoms with Gasteiger partial charge in [-0.25, -0.2) is 4.39 Å². The maximum absolute atomic E-state index is 13.8. The number of hydrogen-bond acceptors (Lipinski definition) is 1. The molecule has 1 atom stereocenters. The van der Waals surface area contributed by atoms with Crippen molar-refractivity contribution in [3.63, 3.8) is 0 Å². The minimum absolute atomic E-state index is 0.155. The fourth-order valence-corrected chi connectivity index (χ4v) is 2.27. The van der Waals surface area contributed by atoms with Gasteiger partial charge in [-0.1, -0.05) is 45.7 Å². The number of anilines is 1. The van der Waals surface area contributed by atoms with E-state index in [1.807, 2.05) is 31.2 Å². The molecule has 0 aliphatic rings. The van der Waals surface area contributed by atoms with Crippen molar-refractivity contribution in [2.45, 2.75) is 13.0 Å². The third-order valence-corrected chi connectivity index (χ3v) is 3.50. The molecule has 1 nitrogen and oxygen atoms in total. The van der Waals surface area contributed by atoms with Crippen molar-refractivity contribution >= 4 is 33.2 Å². The van der Waals surface area contributed by atoms with Crippen LogP contribution >= 0.6 is 27.5 Å². The minimum Gasteiger partial charge on any atom is -0.377 e. The molecule has 94 valence electrons. The fraction of sp³-hybridized carbons (Fsp3) is 0.143.